The van der Waals surface area contributed by atoms with Crippen molar-refractivity contribution in [3.05, 3.63) is 70.5 Å². The van der Waals surface area contributed by atoms with E-state index in [2.05, 4.69) is 0 Å². The fourth-order valence-electron chi connectivity index (χ4n) is 6.98. The number of aryl methyl sites for hydroxylation is 1. The van der Waals surface area contributed by atoms with E-state index in [0.29, 0.717) is 64.3 Å². The highest BCUT2D eigenvalue weighted by Crippen LogP contribution is 2.51. The van der Waals surface area contributed by atoms with Crippen molar-refractivity contribution in [1.29, 1.82) is 0 Å². The first-order valence-electron chi connectivity index (χ1n) is 13.9. The zero-order valence-corrected chi connectivity index (χ0v) is 23.1. The van der Waals surface area contributed by atoms with E-state index < -0.39 is 28.8 Å². The van der Waals surface area contributed by atoms with Crippen LogP contribution >= 0.6 is 0 Å². The fraction of sp³-hybridized carbons (Fsp3) is 0.533. The van der Waals surface area contributed by atoms with Crippen molar-refractivity contribution < 1.29 is 36.6 Å². The number of rotatable bonds is 5. The first-order chi connectivity index (χ1) is 19.2. The standard InChI is InChI=1S/C30H34F5N3O3/c1-19-17-37(14-13-36(19)18-26(39)40)27(41)38-12-11-29(16-20-3-7-23(31)8-4-20)24-9-6-22(28(2,32)30(33,34)35)15-21(24)5-10-25(29)38/h3-4,6-9,15,19,25H,5,10-14,16-18H2,1-2H3,(H,39,40)/t19-,25+,28?,29+/m0/s1. The summed E-state index contributed by atoms with van der Waals surface area (Å²) >= 11 is 0. The van der Waals surface area contributed by atoms with Gasteiger partial charge in [0.15, 0.2) is 0 Å². The molecule has 0 spiro atoms. The summed E-state index contributed by atoms with van der Waals surface area (Å²) in [5.41, 5.74) is -2.31. The molecule has 3 aliphatic rings. The van der Waals surface area contributed by atoms with Crippen molar-refractivity contribution in [1.82, 2.24) is 14.7 Å². The Balaban J connectivity index is 1.47. The van der Waals surface area contributed by atoms with Crippen molar-refractivity contribution >= 4 is 12.0 Å². The first-order valence-corrected chi connectivity index (χ1v) is 13.9. The third-order valence-electron chi connectivity index (χ3n) is 9.27. The molecule has 2 aliphatic heterocycles. The number of urea groups is 1. The second-order valence-corrected chi connectivity index (χ2v) is 11.8. The van der Waals surface area contributed by atoms with E-state index in [1.54, 1.807) is 23.1 Å². The monoisotopic (exact) mass is 579 g/mol. The predicted molar refractivity (Wildman–Crippen MR) is 142 cm³/mol. The molecule has 41 heavy (non-hydrogen) atoms. The number of carbonyl (C=O) groups excluding carboxylic acids is 1. The summed E-state index contributed by atoms with van der Waals surface area (Å²) in [5, 5.41) is 9.18. The van der Waals surface area contributed by atoms with Gasteiger partial charge in [0.1, 0.15) is 5.82 Å². The zero-order chi connectivity index (χ0) is 29.7. The smallest absolute Gasteiger partial charge is 0.426 e. The van der Waals surface area contributed by atoms with Crippen LogP contribution in [-0.4, -0.2) is 82.8 Å². The van der Waals surface area contributed by atoms with Gasteiger partial charge in [-0.1, -0.05) is 30.3 Å². The number of amides is 2. The number of carboxylic acids is 1. The van der Waals surface area contributed by atoms with Gasteiger partial charge in [0.05, 0.1) is 6.54 Å². The lowest BCUT2D eigenvalue weighted by atomic mass is 9.63. The molecule has 0 aromatic heterocycles. The third-order valence-corrected chi connectivity index (χ3v) is 9.27. The number of piperazine rings is 1. The number of carboxylic acid groups (broad SMARTS) is 1. The van der Waals surface area contributed by atoms with Gasteiger partial charge in [-0.25, -0.2) is 13.6 Å². The molecule has 4 atom stereocenters. The number of benzene rings is 2. The summed E-state index contributed by atoms with van der Waals surface area (Å²) in [5.74, 6) is -1.31. The normalized spacial score (nSPS) is 26.3. The van der Waals surface area contributed by atoms with Crippen LogP contribution in [0.4, 0.5) is 26.7 Å². The van der Waals surface area contributed by atoms with Gasteiger partial charge in [0.2, 0.25) is 5.67 Å². The molecule has 0 bridgehead atoms. The second-order valence-electron chi connectivity index (χ2n) is 11.8. The molecule has 0 saturated carbocycles. The number of nitrogens with zero attached hydrogens (tertiary/aromatic N) is 3. The molecule has 222 valence electrons. The molecule has 5 rings (SSSR count). The molecule has 2 aromatic rings. The van der Waals surface area contributed by atoms with Crippen molar-refractivity contribution in [2.75, 3.05) is 32.7 Å². The van der Waals surface area contributed by atoms with E-state index in [9.17, 15) is 36.6 Å². The van der Waals surface area contributed by atoms with Crippen LogP contribution in [0.15, 0.2) is 42.5 Å². The van der Waals surface area contributed by atoms with Crippen molar-refractivity contribution in [2.45, 2.75) is 68.9 Å². The van der Waals surface area contributed by atoms with Crippen molar-refractivity contribution in [3.63, 3.8) is 0 Å². The number of carbonyl (C=O) groups is 2. The number of alkyl halides is 4. The summed E-state index contributed by atoms with van der Waals surface area (Å²) in [6.07, 6.45) is -3.18. The summed E-state index contributed by atoms with van der Waals surface area (Å²) in [6.45, 7) is 3.95. The molecule has 11 heteroatoms. The Kier molecular flexibility index (Phi) is 7.55. The SMILES string of the molecule is C[C@H]1CN(C(=O)N2CC[C@@]3(Cc4ccc(F)cc4)c4ccc(C(C)(F)C(F)(F)F)cc4CC[C@@H]23)CCN1CC(=O)O. The van der Waals surface area contributed by atoms with Gasteiger partial charge in [-0.05, 0) is 73.9 Å². The summed E-state index contributed by atoms with van der Waals surface area (Å²) in [4.78, 5) is 30.5. The molecule has 2 heterocycles. The molecule has 1 unspecified atom stereocenters. The van der Waals surface area contributed by atoms with Crippen LogP contribution in [0.1, 0.15) is 48.9 Å². The summed E-state index contributed by atoms with van der Waals surface area (Å²) in [6, 6.07) is 9.66. The molecule has 2 fully saturated rings. The van der Waals surface area contributed by atoms with Crippen LogP contribution in [0.5, 0.6) is 0 Å². The maximum absolute atomic E-state index is 14.9. The predicted octanol–water partition coefficient (Wildman–Crippen LogP) is 5.28. The maximum atomic E-state index is 14.9. The van der Waals surface area contributed by atoms with Crippen LogP contribution in [0, 0.1) is 5.82 Å². The number of aliphatic carboxylic acids is 1. The second kappa shape index (κ2) is 10.6. The highest BCUT2D eigenvalue weighted by Gasteiger charge is 2.56. The Morgan fingerprint density at radius 3 is 2.39 bits per heavy atom. The minimum atomic E-state index is -5.06. The average Bonchev–Trinajstić information content (AvgIpc) is 3.29. The lowest BCUT2D eigenvalue weighted by molar-refractivity contribution is -0.228. The zero-order valence-electron chi connectivity index (χ0n) is 23.1. The lowest BCUT2D eigenvalue weighted by Crippen LogP contribution is -2.59. The molecule has 2 amide bonds. The molecular weight excluding hydrogens is 545 g/mol. The quantitative estimate of drug-likeness (QED) is 0.490. The summed E-state index contributed by atoms with van der Waals surface area (Å²) in [7, 11) is 0. The number of halogens is 5. The highest BCUT2D eigenvalue weighted by molar-refractivity contribution is 5.76. The molecular formula is C30H34F5N3O3. The minimum absolute atomic E-state index is 0.0959. The number of likely N-dealkylation sites (tertiary alicyclic amines) is 1. The van der Waals surface area contributed by atoms with E-state index in [1.807, 2.05) is 16.7 Å². The molecule has 1 aliphatic carbocycles. The maximum Gasteiger partial charge on any atom is 0.426 e. The van der Waals surface area contributed by atoms with Crippen LogP contribution in [0.25, 0.3) is 0 Å². The highest BCUT2D eigenvalue weighted by atomic mass is 19.4. The van der Waals surface area contributed by atoms with Crippen LogP contribution in [-0.2, 0) is 28.7 Å². The fourth-order valence-corrected chi connectivity index (χ4v) is 6.98. The van der Waals surface area contributed by atoms with Gasteiger partial charge in [-0.3, -0.25) is 9.69 Å². The Labute approximate surface area is 235 Å². The summed E-state index contributed by atoms with van der Waals surface area (Å²) < 4.78 is 69.1. The van der Waals surface area contributed by atoms with E-state index in [0.717, 1.165) is 11.1 Å². The van der Waals surface area contributed by atoms with Gasteiger partial charge in [0.25, 0.3) is 0 Å². The topological polar surface area (TPSA) is 64.1 Å². The molecule has 2 aromatic carbocycles. The average molecular weight is 580 g/mol. The van der Waals surface area contributed by atoms with Crippen molar-refractivity contribution in [2.24, 2.45) is 0 Å². The van der Waals surface area contributed by atoms with Gasteiger partial charge >= 0.3 is 18.2 Å². The van der Waals surface area contributed by atoms with Crippen molar-refractivity contribution in [3.8, 4) is 0 Å². The number of hydrogen-bond acceptors (Lipinski definition) is 3. The molecule has 1 N–H and O–H groups in total. The van der Waals surface area contributed by atoms with Crippen LogP contribution in [0.2, 0.25) is 0 Å². The van der Waals surface area contributed by atoms with Gasteiger partial charge in [-0.2, -0.15) is 13.2 Å². The Bertz CT molecular complexity index is 1320. The van der Waals surface area contributed by atoms with Crippen LogP contribution < -0.4 is 0 Å². The molecule has 6 nitrogen and oxygen atoms in total. The minimum Gasteiger partial charge on any atom is -0.480 e. The largest absolute Gasteiger partial charge is 0.480 e. The van der Waals surface area contributed by atoms with Gasteiger partial charge in [0, 0.05) is 43.7 Å². The van der Waals surface area contributed by atoms with E-state index in [1.165, 1.54) is 24.3 Å². The molecule has 2 saturated heterocycles. The number of hydrogen-bond donors (Lipinski definition) is 1. The van der Waals surface area contributed by atoms with Gasteiger partial charge in [-0.15, -0.1) is 0 Å². The van der Waals surface area contributed by atoms with Gasteiger partial charge < -0.3 is 14.9 Å². The van der Waals surface area contributed by atoms with E-state index >= 15 is 0 Å². The van der Waals surface area contributed by atoms with E-state index in [4.69, 9.17) is 0 Å². The third kappa shape index (κ3) is 5.29. The first kappa shape index (κ1) is 29.3. The lowest BCUT2D eigenvalue weighted by Gasteiger charge is -2.46. The van der Waals surface area contributed by atoms with Crippen LogP contribution in [0.3, 0.4) is 0 Å². The molecule has 0 radical (unpaired) electrons. The number of fused-ring (bicyclic) bond motifs is 3. The Morgan fingerprint density at radius 2 is 1.76 bits per heavy atom. The Morgan fingerprint density at radius 1 is 1.05 bits per heavy atom. The van der Waals surface area contributed by atoms with E-state index in [-0.39, 0.29) is 30.5 Å². The Hall–Kier alpha value is -3.21.